The summed E-state index contributed by atoms with van der Waals surface area (Å²) in [7, 11) is 0. The van der Waals surface area contributed by atoms with Crippen LogP contribution in [0.3, 0.4) is 0 Å². The van der Waals surface area contributed by atoms with E-state index in [9.17, 15) is 4.79 Å². The second-order valence-electron chi connectivity index (χ2n) is 6.17. The van der Waals surface area contributed by atoms with Crippen molar-refractivity contribution >= 4 is 27.5 Å². The molecule has 3 rings (SSSR count). The lowest BCUT2D eigenvalue weighted by atomic mass is 10.0. The normalized spacial score (nSPS) is 16.1. The van der Waals surface area contributed by atoms with Gasteiger partial charge in [0.25, 0.3) is 0 Å². The number of rotatable bonds is 2. The monoisotopic (exact) mass is 363 g/mol. The predicted molar refractivity (Wildman–Crippen MR) is 88.2 cm³/mol. The molecule has 6 heteroatoms. The number of anilines is 1. The van der Waals surface area contributed by atoms with Crippen LogP contribution in [0.15, 0.2) is 35.1 Å². The Morgan fingerprint density at radius 3 is 2.91 bits per heavy atom. The summed E-state index contributed by atoms with van der Waals surface area (Å²) in [5.41, 5.74) is 1.42. The van der Waals surface area contributed by atoms with Crippen molar-refractivity contribution in [2.75, 3.05) is 11.4 Å². The Kier molecular flexibility index (Phi) is 3.72. The summed E-state index contributed by atoms with van der Waals surface area (Å²) in [5, 5.41) is 4.19. The quantitative estimate of drug-likeness (QED) is 0.823. The molecule has 5 nitrogen and oxygen atoms in total. The molecule has 0 unspecified atom stereocenters. The highest BCUT2D eigenvalue weighted by Gasteiger charge is 2.34. The van der Waals surface area contributed by atoms with Gasteiger partial charge in [0.15, 0.2) is 0 Å². The maximum absolute atomic E-state index is 12.7. The fourth-order valence-corrected chi connectivity index (χ4v) is 2.93. The first-order valence-corrected chi connectivity index (χ1v) is 7.91. The first-order chi connectivity index (χ1) is 10.3. The molecule has 0 saturated heterocycles. The van der Waals surface area contributed by atoms with Gasteiger partial charge in [-0.1, -0.05) is 15.9 Å². The Morgan fingerprint density at radius 1 is 1.45 bits per heavy atom. The minimum atomic E-state index is -0.427. The van der Waals surface area contributed by atoms with Crippen LogP contribution in [-0.2, 0) is 11.3 Å². The molecule has 2 heterocycles. The van der Waals surface area contributed by atoms with E-state index in [1.807, 2.05) is 45.2 Å². The lowest BCUT2D eigenvalue weighted by Crippen LogP contribution is -2.50. The molecule has 0 aliphatic carbocycles. The number of amides is 1. The van der Waals surface area contributed by atoms with Crippen LogP contribution in [0.1, 0.15) is 19.4 Å². The van der Waals surface area contributed by atoms with E-state index in [0.717, 1.165) is 21.5 Å². The number of fused-ring (bicyclic) bond motifs is 1. The molecule has 2 aromatic rings. The fraction of sp³-hybridized carbons (Fsp3) is 0.375. The molecule has 0 atom stereocenters. The second kappa shape index (κ2) is 5.43. The summed E-state index contributed by atoms with van der Waals surface area (Å²) < 4.78 is 8.58. The number of nitrogens with zero attached hydrogens (tertiary/aromatic N) is 3. The van der Waals surface area contributed by atoms with Crippen LogP contribution in [0, 0.1) is 6.92 Å². The van der Waals surface area contributed by atoms with Crippen molar-refractivity contribution in [2.45, 2.75) is 32.9 Å². The summed E-state index contributed by atoms with van der Waals surface area (Å²) in [4.78, 5) is 14.5. The number of halogens is 1. The van der Waals surface area contributed by atoms with E-state index >= 15 is 0 Å². The molecule has 0 saturated carbocycles. The van der Waals surface area contributed by atoms with Crippen molar-refractivity contribution in [3.63, 3.8) is 0 Å². The minimum absolute atomic E-state index is 0.00282. The average Bonchev–Trinajstić information content (AvgIpc) is 2.81. The van der Waals surface area contributed by atoms with Gasteiger partial charge >= 0.3 is 0 Å². The number of aromatic nitrogens is 2. The zero-order chi connectivity index (χ0) is 15.9. The zero-order valence-corrected chi connectivity index (χ0v) is 14.4. The van der Waals surface area contributed by atoms with Crippen LogP contribution in [0.2, 0.25) is 0 Å². The number of hydrogen-bond donors (Lipinski definition) is 0. The number of benzene rings is 1. The lowest BCUT2D eigenvalue weighted by molar-refractivity contribution is -0.120. The van der Waals surface area contributed by atoms with Gasteiger partial charge in [-0.05, 0) is 44.5 Å². The Hall–Kier alpha value is -1.82. The maximum Gasteiger partial charge on any atom is 0.248 e. The summed E-state index contributed by atoms with van der Waals surface area (Å²) >= 11 is 3.44. The molecule has 1 aliphatic rings. The fourth-order valence-electron chi connectivity index (χ4n) is 2.59. The van der Waals surface area contributed by atoms with Crippen LogP contribution >= 0.6 is 15.9 Å². The van der Waals surface area contributed by atoms with E-state index in [1.54, 1.807) is 15.8 Å². The third-order valence-electron chi connectivity index (χ3n) is 3.50. The summed E-state index contributed by atoms with van der Waals surface area (Å²) in [6.45, 7) is 6.66. The smallest absolute Gasteiger partial charge is 0.248 e. The van der Waals surface area contributed by atoms with Crippen LogP contribution in [0.25, 0.3) is 0 Å². The van der Waals surface area contributed by atoms with Crippen molar-refractivity contribution < 1.29 is 9.53 Å². The maximum atomic E-state index is 12.7. The van der Waals surface area contributed by atoms with E-state index in [2.05, 4.69) is 21.0 Å². The van der Waals surface area contributed by atoms with Crippen LogP contribution < -0.4 is 9.64 Å². The van der Waals surface area contributed by atoms with E-state index in [0.29, 0.717) is 6.54 Å². The van der Waals surface area contributed by atoms with Gasteiger partial charge in [-0.25, -0.2) is 0 Å². The number of carbonyl (C=O) groups excluding carboxylic acids is 1. The summed E-state index contributed by atoms with van der Waals surface area (Å²) in [6.07, 6.45) is 3.62. The van der Waals surface area contributed by atoms with Crippen LogP contribution in [-0.4, -0.2) is 27.8 Å². The molecular formula is C16H18BrN3O2. The standard InChI is InChI=1S/C16H18BrN3O2/c1-11-7-18-19(8-11)9-15(21)20-10-16(2,3)22-14-6-12(17)4-5-13(14)20/h4-8H,9-10H2,1-3H3. The molecule has 116 valence electrons. The largest absolute Gasteiger partial charge is 0.484 e. The van der Waals surface area contributed by atoms with Crippen LogP contribution in [0.4, 0.5) is 5.69 Å². The van der Waals surface area contributed by atoms with Gasteiger partial charge in [-0.3, -0.25) is 9.48 Å². The Labute approximate surface area is 138 Å². The molecule has 22 heavy (non-hydrogen) atoms. The van der Waals surface area contributed by atoms with Gasteiger partial charge in [0.05, 0.1) is 18.4 Å². The van der Waals surface area contributed by atoms with E-state index < -0.39 is 5.60 Å². The van der Waals surface area contributed by atoms with Gasteiger partial charge in [0.2, 0.25) is 5.91 Å². The van der Waals surface area contributed by atoms with Gasteiger partial charge in [0.1, 0.15) is 17.9 Å². The van der Waals surface area contributed by atoms with Gasteiger partial charge in [0, 0.05) is 10.7 Å². The van der Waals surface area contributed by atoms with Gasteiger partial charge in [-0.2, -0.15) is 5.10 Å². The first-order valence-electron chi connectivity index (χ1n) is 7.12. The van der Waals surface area contributed by atoms with Crippen molar-refractivity contribution in [3.8, 4) is 5.75 Å². The first kappa shape index (κ1) is 15.1. The second-order valence-corrected chi connectivity index (χ2v) is 7.08. The van der Waals surface area contributed by atoms with E-state index in [1.165, 1.54) is 0 Å². The highest BCUT2D eigenvalue weighted by molar-refractivity contribution is 9.10. The summed E-state index contributed by atoms with van der Waals surface area (Å²) in [5.74, 6) is 0.721. The summed E-state index contributed by atoms with van der Waals surface area (Å²) in [6, 6.07) is 5.72. The van der Waals surface area contributed by atoms with Crippen molar-refractivity contribution in [2.24, 2.45) is 0 Å². The molecular weight excluding hydrogens is 346 g/mol. The SMILES string of the molecule is Cc1cnn(CC(=O)N2CC(C)(C)Oc3cc(Br)ccc32)c1. The average molecular weight is 364 g/mol. The number of hydrogen-bond acceptors (Lipinski definition) is 3. The van der Waals surface area contributed by atoms with Crippen LogP contribution in [0.5, 0.6) is 5.75 Å². The topological polar surface area (TPSA) is 47.4 Å². The number of ether oxygens (including phenoxy) is 1. The lowest BCUT2D eigenvalue weighted by Gasteiger charge is -2.39. The molecule has 1 aliphatic heterocycles. The van der Waals surface area contributed by atoms with Gasteiger partial charge in [-0.15, -0.1) is 0 Å². The molecule has 0 radical (unpaired) electrons. The number of carbonyl (C=O) groups is 1. The van der Waals surface area contributed by atoms with Gasteiger partial charge < -0.3 is 9.64 Å². The molecule has 1 amide bonds. The Balaban J connectivity index is 1.91. The Morgan fingerprint density at radius 2 is 2.23 bits per heavy atom. The third kappa shape index (κ3) is 3.02. The molecule has 1 aromatic heterocycles. The minimum Gasteiger partial charge on any atom is -0.484 e. The third-order valence-corrected chi connectivity index (χ3v) is 3.99. The van der Waals surface area contributed by atoms with E-state index in [-0.39, 0.29) is 12.5 Å². The molecule has 1 aromatic carbocycles. The predicted octanol–water partition coefficient (Wildman–Crippen LogP) is 3.16. The van der Waals surface area contributed by atoms with Crippen molar-refractivity contribution in [3.05, 3.63) is 40.6 Å². The highest BCUT2D eigenvalue weighted by atomic mass is 79.9. The van der Waals surface area contributed by atoms with E-state index in [4.69, 9.17) is 4.74 Å². The molecule has 0 fully saturated rings. The van der Waals surface area contributed by atoms with Crippen molar-refractivity contribution in [1.82, 2.24) is 9.78 Å². The zero-order valence-electron chi connectivity index (χ0n) is 12.8. The number of aryl methyl sites for hydroxylation is 1. The van der Waals surface area contributed by atoms with Crippen molar-refractivity contribution in [1.29, 1.82) is 0 Å². The Bertz CT molecular complexity index is 724. The molecule has 0 N–H and O–H groups in total. The molecule has 0 spiro atoms. The molecule has 0 bridgehead atoms. The highest BCUT2D eigenvalue weighted by Crippen LogP contribution is 2.38.